The van der Waals surface area contributed by atoms with E-state index in [0.29, 0.717) is 15.8 Å². The Kier molecular flexibility index (Phi) is 5.33. The fraction of sp³-hybridized carbons (Fsp3) is 0.118. The molecule has 24 heavy (non-hydrogen) atoms. The second kappa shape index (κ2) is 7.46. The summed E-state index contributed by atoms with van der Waals surface area (Å²) < 4.78 is 6.61. The second-order valence-corrected chi connectivity index (χ2v) is 7.55. The largest absolute Gasteiger partial charge is 0.496 e. The summed E-state index contributed by atoms with van der Waals surface area (Å²) in [6, 6.07) is 9.43. The molecule has 1 aromatic carbocycles. The quantitative estimate of drug-likeness (QED) is 0.546. The van der Waals surface area contributed by atoms with E-state index in [1.54, 1.807) is 24.4 Å². The Morgan fingerprint density at radius 2 is 2.25 bits per heavy atom. The molecule has 4 nitrogen and oxygen atoms in total. The molecule has 1 aliphatic heterocycles. The third kappa shape index (κ3) is 3.68. The van der Waals surface area contributed by atoms with E-state index in [9.17, 15) is 4.79 Å². The first-order valence-corrected chi connectivity index (χ1v) is 9.08. The van der Waals surface area contributed by atoms with Crippen molar-refractivity contribution in [2.45, 2.75) is 6.54 Å². The van der Waals surface area contributed by atoms with E-state index in [4.69, 9.17) is 17.0 Å². The van der Waals surface area contributed by atoms with Crippen LogP contribution in [0.3, 0.4) is 0 Å². The first kappa shape index (κ1) is 17.1. The van der Waals surface area contributed by atoms with Crippen LogP contribution in [-0.2, 0) is 11.3 Å². The lowest BCUT2D eigenvalue weighted by molar-refractivity contribution is -0.122. The first-order chi connectivity index (χ1) is 11.6. The van der Waals surface area contributed by atoms with E-state index < -0.39 is 0 Å². The number of ether oxygens (including phenoxy) is 1. The third-order valence-corrected chi connectivity index (χ3v) is 5.41. The fourth-order valence-electron chi connectivity index (χ4n) is 2.23. The number of hydrogen-bond donors (Lipinski definition) is 0. The normalized spacial score (nSPS) is 16.1. The number of halogens is 1. The third-order valence-electron chi connectivity index (χ3n) is 3.41. The maximum atomic E-state index is 12.6. The molecule has 0 aliphatic carbocycles. The Bertz CT molecular complexity index is 825. The van der Waals surface area contributed by atoms with Crippen molar-refractivity contribution in [3.8, 4) is 5.75 Å². The van der Waals surface area contributed by atoms with Gasteiger partial charge in [0.2, 0.25) is 0 Å². The number of methoxy groups -OCH3 is 1. The Hall–Kier alpha value is -1.70. The van der Waals surface area contributed by atoms with Gasteiger partial charge in [0.25, 0.3) is 5.91 Å². The standard InChI is InChI=1S/C17H13BrN2O2S2/c1-22-14-5-4-11(7-13(14)18)8-15-16(21)20(17(23)24-15)10-12-3-2-6-19-9-12/h2-9H,10H2,1H3/b15-8-. The van der Waals surface area contributed by atoms with E-state index in [-0.39, 0.29) is 5.91 Å². The molecule has 2 heterocycles. The van der Waals surface area contributed by atoms with Crippen LogP contribution in [-0.4, -0.2) is 27.2 Å². The monoisotopic (exact) mass is 420 g/mol. The summed E-state index contributed by atoms with van der Waals surface area (Å²) in [4.78, 5) is 18.9. The molecule has 122 valence electrons. The minimum Gasteiger partial charge on any atom is -0.496 e. The Morgan fingerprint density at radius 3 is 2.92 bits per heavy atom. The zero-order valence-electron chi connectivity index (χ0n) is 12.7. The molecular formula is C17H13BrN2O2S2. The number of carbonyl (C=O) groups excluding carboxylic acids is 1. The number of amides is 1. The van der Waals surface area contributed by atoms with Crippen LogP contribution in [0.5, 0.6) is 5.75 Å². The summed E-state index contributed by atoms with van der Waals surface area (Å²) in [5.41, 5.74) is 1.85. The van der Waals surface area contributed by atoms with Crippen LogP contribution < -0.4 is 4.74 Å². The van der Waals surface area contributed by atoms with Gasteiger partial charge in [-0.05, 0) is 51.3 Å². The number of thioether (sulfide) groups is 1. The Balaban J connectivity index is 1.82. The highest BCUT2D eigenvalue weighted by Gasteiger charge is 2.32. The topological polar surface area (TPSA) is 42.4 Å². The lowest BCUT2D eigenvalue weighted by Crippen LogP contribution is -2.27. The number of pyridine rings is 1. The smallest absolute Gasteiger partial charge is 0.266 e. The number of nitrogens with zero attached hydrogens (tertiary/aromatic N) is 2. The molecule has 1 aromatic heterocycles. The van der Waals surface area contributed by atoms with Crippen LogP contribution in [0, 0.1) is 0 Å². The molecule has 1 aliphatic rings. The maximum absolute atomic E-state index is 12.6. The van der Waals surface area contributed by atoms with Crippen LogP contribution in [0.25, 0.3) is 6.08 Å². The van der Waals surface area contributed by atoms with E-state index in [2.05, 4.69) is 20.9 Å². The van der Waals surface area contributed by atoms with Crippen molar-refractivity contribution in [2.75, 3.05) is 7.11 Å². The molecule has 0 radical (unpaired) electrons. The van der Waals surface area contributed by atoms with Crippen molar-refractivity contribution in [1.82, 2.24) is 9.88 Å². The Morgan fingerprint density at radius 1 is 1.42 bits per heavy atom. The molecule has 0 unspecified atom stereocenters. The molecule has 0 N–H and O–H groups in total. The highest BCUT2D eigenvalue weighted by molar-refractivity contribution is 9.10. The molecule has 2 aromatic rings. The van der Waals surface area contributed by atoms with Gasteiger partial charge < -0.3 is 4.74 Å². The number of aromatic nitrogens is 1. The summed E-state index contributed by atoms with van der Waals surface area (Å²) >= 11 is 10.1. The van der Waals surface area contributed by atoms with Gasteiger partial charge >= 0.3 is 0 Å². The lowest BCUT2D eigenvalue weighted by atomic mass is 10.2. The van der Waals surface area contributed by atoms with Crippen molar-refractivity contribution in [1.29, 1.82) is 0 Å². The van der Waals surface area contributed by atoms with Crippen molar-refractivity contribution in [3.05, 3.63) is 63.2 Å². The summed E-state index contributed by atoms with van der Waals surface area (Å²) in [6.07, 6.45) is 5.28. The van der Waals surface area contributed by atoms with Gasteiger partial charge in [0.15, 0.2) is 0 Å². The van der Waals surface area contributed by atoms with Crippen LogP contribution in [0.15, 0.2) is 52.1 Å². The first-order valence-electron chi connectivity index (χ1n) is 7.06. The number of rotatable bonds is 4. The van der Waals surface area contributed by atoms with Gasteiger partial charge in [-0.1, -0.05) is 36.1 Å². The maximum Gasteiger partial charge on any atom is 0.266 e. The van der Waals surface area contributed by atoms with Gasteiger partial charge in [-0.2, -0.15) is 0 Å². The molecule has 3 rings (SSSR count). The van der Waals surface area contributed by atoms with Gasteiger partial charge in [0.05, 0.1) is 23.0 Å². The summed E-state index contributed by atoms with van der Waals surface area (Å²) in [7, 11) is 1.61. The molecule has 7 heteroatoms. The Labute approximate surface area is 158 Å². The predicted octanol–water partition coefficient (Wildman–Crippen LogP) is 4.25. The average Bonchev–Trinajstić information content (AvgIpc) is 2.84. The van der Waals surface area contributed by atoms with Crippen LogP contribution in [0.1, 0.15) is 11.1 Å². The molecule has 0 saturated carbocycles. The number of carbonyl (C=O) groups is 1. The summed E-state index contributed by atoms with van der Waals surface area (Å²) in [6.45, 7) is 0.433. The zero-order chi connectivity index (χ0) is 17.1. The molecule has 1 amide bonds. The zero-order valence-corrected chi connectivity index (χ0v) is 16.0. The van der Waals surface area contributed by atoms with Gasteiger partial charge in [-0.15, -0.1) is 0 Å². The van der Waals surface area contributed by atoms with Crippen molar-refractivity contribution >= 4 is 56.2 Å². The van der Waals surface area contributed by atoms with Crippen LogP contribution in [0.2, 0.25) is 0 Å². The van der Waals surface area contributed by atoms with Gasteiger partial charge in [0, 0.05) is 12.4 Å². The van der Waals surface area contributed by atoms with Crippen molar-refractivity contribution in [2.24, 2.45) is 0 Å². The minimum atomic E-state index is -0.0826. The SMILES string of the molecule is COc1ccc(/C=C2\SC(=S)N(Cc3cccnc3)C2=O)cc1Br. The van der Waals surface area contributed by atoms with Gasteiger partial charge in [0.1, 0.15) is 10.1 Å². The number of hydrogen-bond acceptors (Lipinski definition) is 5. The van der Waals surface area contributed by atoms with Crippen molar-refractivity contribution < 1.29 is 9.53 Å². The predicted molar refractivity (Wildman–Crippen MR) is 104 cm³/mol. The van der Waals surface area contributed by atoms with Gasteiger partial charge in [-0.25, -0.2) is 0 Å². The van der Waals surface area contributed by atoms with E-state index in [1.807, 2.05) is 36.4 Å². The molecule has 1 fully saturated rings. The van der Waals surface area contributed by atoms with E-state index in [1.165, 1.54) is 11.8 Å². The highest BCUT2D eigenvalue weighted by atomic mass is 79.9. The molecule has 1 saturated heterocycles. The van der Waals surface area contributed by atoms with Gasteiger partial charge in [-0.3, -0.25) is 14.7 Å². The van der Waals surface area contributed by atoms with E-state index in [0.717, 1.165) is 21.3 Å². The van der Waals surface area contributed by atoms with Crippen LogP contribution >= 0.6 is 39.9 Å². The van der Waals surface area contributed by atoms with E-state index >= 15 is 0 Å². The van der Waals surface area contributed by atoms with Crippen molar-refractivity contribution in [3.63, 3.8) is 0 Å². The number of benzene rings is 1. The molecule has 0 bridgehead atoms. The average molecular weight is 421 g/mol. The fourth-order valence-corrected chi connectivity index (χ4v) is 4.05. The highest BCUT2D eigenvalue weighted by Crippen LogP contribution is 2.34. The summed E-state index contributed by atoms with van der Waals surface area (Å²) in [5, 5.41) is 0. The second-order valence-electron chi connectivity index (χ2n) is 5.02. The minimum absolute atomic E-state index is 0.0826. The lowest BCUT2D eigenvalue weighted by Gasteiger charge is -2.13. The number of thiocarbonyl (C=S) groups is 1. The molecule has 0 atom stereocenters. The van der Waals surface area contributed by atoms with Crippen LogP contribution in [0.4, 0.5) is 0 Å². The molecular weight excluding hydrogens is 408 g/mol. The molecule has 0 spiro atoms. The summed E-state index contributed by atoms with van der Waals surface area (Å²) in [5.74, 6) is 0.664.